The van der Waals surface area contributed by atoms with Crippen LogP contribution >= 0.6 is 27.3 Å². The summed E-state index contributed by atoms with van der Waals surface area (Å²) in [6.45, 7) is 1.64. The summed E-state index contributed by atoms with van der Waals surface area (Å²) in [6.07, 6.45) is 1.81. The molecule has 0 spiro atoms. The third-order valence-electron chi connectivity index (χ3n) is 2.79. The molecule has 0 aliphatic heterocycles. The lowest BCUT2D eigenvalue weighted by Crippen LogP contribution is -2.46. The van der Waals surface area contributed by atoms with Crippen molar-refractivity contribution in [1.82, 2.24) is 4.72 Å². The van der Waals surface area contributed by atoms with Crippen LogP contribution in [0.2, 0.25) is 0 Å². The van der Waals surface area contributed by atoms with Gasteiger partial charge < -0.3 is 0 Å². The number of sulfonamides is 1. The van der Waals surface area contributed by atoms with Crippen molar-refractivity contribution in [1.29, 1.82) is 5.26 Å². The summed E-state index contributed by atoms with van der Waals surface area (Å²) in [5.74, 6) is 0.130. The van der Waals surface area contributed by atoms with Gasteiger partial charge in [0.1, 0.15) is 9.75 Å². The highest BCUT2D eigenvalue weighted by atomic mass is 79.9. The van der Waals surface area contributed by atoms with Crippen molar-refractivity contribution in [2.75, 3.05) is 0 Å². The zero-order valence-electron chi connectivity index (χ0n) is 9.10. The zero-order valence-corrected chi connectivity index (χ0v) is 12.3. The van der Waals surface area contributed by atoms with Crippen molar-refractivity contribution < 1.29 is 8.42 Å². The van der Waals surface area contributed by atoms with Gasteiger partial charge in [0, 0.05) is 0 Å². The number of nitriles is 1. The maximum Gasteiger partial charge on any atom is 0.251 e. The largest absolute Gasteiger partial charge is 0.251 e. The van der Waals surface area contributed by atoms with Gasteiger partial charge in [0.05, 0.1) is 9.86 Å². The first-order valence-electron chi connectivity index (χ1n) is 5.08. The van der Waals surface area contributed by atoms with Gasteiger partial charge in [0.15, 0.2) is 0 Å². The Kier molecular flexibility index (Phi) is 3.34. The summed E-state index contributed by atoms with van der Waals surface area (Å²) < 4.78 is 27.7. The molecule has 92 valence electrons. The van der Waals surface area contributed by atoms with Crippen molar-refractivity contribution >= 4 is 37.3 Å². The van der Waals surface area contributed by atoms with Crippen LogP contribution in [0.3, 0.4) is 0 Å². The Labute approximate surface area is 113 Å². The first-order chi connectivity index (χ1) is 7.87. The fraction of sp³-hybridized carbons (Fsp3) is 0.500. The molecule has 1 fully saturated rings. The van der Waals surface area contributed by atoms with Gasteiger partial charge in [-0.2, -0.15) is 9.98 Å². The topological polar surface area (TPSA) is 70.0 Å². The summed E-state index contributed by atoms with van der Waals surface area (Å²) in [6, 6.07) is 5.29. The first-order valence-corrected chi connectivity index (χ1v) is 8.17. The fourth-order valence-electron chi connectivity index (χ4n) is 1.63. The summed E-state index contributed by atoms with van der Waals surface area (Å²) in [4.78, 5) is 0. The van der Waals surface area contributed by atoms with E-state index in [1.54, 1.807) is 13.0 Å². The molecular formula is C10H11BrN2O2S2. The van der Waals surface area contributed by atoms with Gasteiger partial charge in [0.2, 0.25) is 0 Å². The van der Waals surface area contributed by atoms with E-state index in [0.29, 0.717) is 0 Å². The van der Waals surface area contributed by atoms with E-state index in [4.69, 9.17) is 5.26 Å². The number of nitrogens with zero attached hydrogens (tertiary/aromatic N) is 1. The van der Waals surface area contributed by atoms with E-state index in [1.807, 2.05) is 0 Å². The second kappa shape index (κ2) is 4.35. The van der Waals surface area contributed by atoms with E-state index in [-0.39, 0.29) is 10.1 Å². The smallest absolute Gasteiger partial charge is 0.206 e. The summed E-state index contributed by atoms with van der Waals surface area (Å²) in [5, 5.41) is 9.13. The van der Waals surface area contributed by atoms with Gasteiger partial charge in [-0.05, 0) is 53.7 Å². The molecule has 0 aromatic carbocycles. The number of halogens is 1. The molecule has 4 nitrogen and oxygen atoms in total. The fourth-order valence-corrected chi connectivity index (χ4v) is 5.02. The normalized spacial score (nSPS) is 19.6. The molecule has 1 heterocycles. The monoisotopic (exact) mass is 334 g/mol. The van der Waals surface area contributed by atoms with Crippen LogP contribution in [0.1, 0.15) is 19.8 Å². The van der Waals surface area contributed by atoms with E-state index in [1.165, 1.54) is 6.07 Å². The van der Waals surface area contributed by atoms with Crippen molar-refractivity contribution in [2.24, 2.45) is 5.92 Å². The Morgan fingerprint density at radius 1 is 1.59 bits per heavy atom. The Balaban J connectivity index is 2.26. The first kappa shape index (κ1) is 13.0. The van der Waals surface area contributed by atoms with Crippen LogP contribution in [0.4, 0.5) is 0 Å². The SMILES string of the molecule is C[C@@](C#N)(NS(=O)(=O)c1ccc(Br)s1)C1CC1. The highest BCUT2D eigenvalue weighted by Crippen LogP contribution is 2.40. The van der Waals surface area contributed by atoms with Crippen LogP contribution in [0.25, 0.3) is 0 Å². The summed E-state index contributed by atoms with van der Waals surface area (Å²) in [5.41, 5.74) is -0.991. The van der Waals surface area contributed by atoms with Crippen molar-refractivity contribution in [3.63, 3.8) is 0 Å². The molecule has 0 unspecified atom stereocenters. The third-order valence-corrected chi connectivity index (χ3v) is 6.47. The molecule has 0 saturated heterocycles. The standard InChI is InChI=1S/C10H11BrN2O2S2/c1-10(6-12,7-2-3-7)13-17(14,15)9-5-4-8(11)16-9/h4-5,7,13H,2-3H2,1H3/t10-/m0/s1. The Bertz CT molecular complexity index is 571. The van der Waals surface area contributed by atoms with Gasteiger partial charge in [-0.25, -0.2) is 8.42 Å². The minimum atomic E-state index is -3.60. The predicted octanol–water partition coefficient (Wildman–Crippen LogP) is 2.48. The Morgan fingerprint density at radius 2 is 2.24 bits per heavy atom. The molecule has 1 aromatic heterocycles. The van der Waals surface area contributed by atoms with E-state index >= 15 is 0 Å². The molecule has 0 amide bonds. The van der Waals surface area contributed by atoms with Crippen LogP contribution < -0.4 is 4.72 Å². The van der Waals surface area contributed by atoms with Crippen molar-refractivity contribution in [3.05, 3.63) is 15.9 Å². The van der Waals surface area contributed by atoms with Crippen LogP contribution in [-0.2, 0) is 10.0 Å². The zero-order chi connectivity index (χ0) is 12.7. The third kappa shape index (κ3) is 2.71. The maximum atomic E-state index is 12.1. The maximum absolute atomic E-state index is 12.1. The molecule has 1 N–H and O–H groups in total. The number of thiophene rings is 1. The van der Waals surface area contributed by atoms with Crippen LogP contribution in [0.5, 0.6) is 0 Å². The van der Waals surface area contributed by atoms with E-state index in [2.05, 4.69) is 26.7 Å². The molecule has 0 bridgehead atoms. The number of hydrogen-bond acceptors (Lipinski definition) is 4. The minimum absolute atomic E-state index is 0.130. The highest BCUT2D eigenvalue weighted by molar-refractivity contribution is 9.11. The molecule has 1 aliphatic carbocycles. The van der Waals surface area contributed by atoms with Gasteiger partial charge in [-0.1, -0.05) is 0 Å². The molecule has 1 aromatic rings. The molecule has 1 aliphatic rings. The van der Waals surface area contributed by atoms with Crippen LogP contribution in [-0.4, -0.2) is 14.0 Å². The molecule has 1 saturated carbocycles. The summed E-state index contributed by atoms with van der Waals surface area (Å²) in [7, 11) is -3.60. The van der Waals surface area contributed by atoms with E-state index < -0.39 is 15.6 Å². The van der Waals surface area contributed by atoms with Gasteiger partial charge >= 0.3 is 0 Å². The number of nitrogens with one attached hydrogen (secondary N) is 1. The molecule has 2 rings (SSSR count). The second-order valence-corrected chi connectivity index (χ2v) is 8.62. The Hall–Kier alpha value is -0.420. The lowest BCUT2D eigenvalue weighted by atomic mass is 10.0. The quantitative estimate of drug-likeness (QED) is 0.919. The average Bonchev–Trinajstić information content (AvgIpc) is 3.01. The molecule has 0 radical (unpaired) electrons. The van der Waals surface area contributed by atoms with Crippen molar-refractivity contribution in [3.8, 4) is 6.07 Å². The lowest BCUT2D eigenvalue weighted by molar-refractivity contribution is 0.459. The Morgan fingerprint density at radius 3 is 2.65 bits per heavy atom. The molecular weight excluding hydrogens is 324 g/mol. The number of hydrogen-bond donors (Lipinski definition) is 1. The average molecular weight is 335 g/mol. The van der Waals surface area contributed by atoms with Gasteiger partial charge in [-0.3, -0.25) is 0 Å². The molecule has 7 heteroatoms. The minimum Gasteiger partial charge on any atom is -0.206 e. The lowest BCUT2D eigenvalue weighted by Gasteiger charge is -2.21. The van der Waals surface area contributed by atoms with E-state index in [9.17, 15) is 8.42 Å². The van der Waals surface area contributed by atoms with Crippen LogP contribution in [0, 0.1) is 17.2 Å². The summed E-state index contributed by atoms with van der Waals surface area (Å²) >= 11 is 4.36. The molecule has 17 heavy (non-hydrogen) atoms. The molecule has 1 atom stereocenters. The van der Waals surface area contributed by atoms with Gasteiger partial charge in [0.25, 0.3) is 10.0 Å². The van der Waals surface area contributed by atoms with Crippen LogP contribution in [0.15, 0.2) is 20.1 Å². The number of rotatable bonds is 4. The second-order valence-electron chi connectivity index (χ2n) is 4.25. The van der Waals surface area contributed by atoms with E-state index in [0.717, 1.165) is 28.0 Å². The van der Waals surface area contributed by atoms with Crippen molar-refractivity contribution in [2.45, 2.75) is 29.5 Å². The van der Waals surface area contributed by atoms with Gasteiger partial charge in [-0.15, -0.1) is 11.3 Å². The predicted molar refractivity (Wildman–Crippen MR) is 69.1 cm³/mol. The highest BCUT2D eigenvalue weighted by Gasteiger charge is 2.45.